The second-order valence-corrected chi connectivity index (χ2v) is 12.9. The molecule has 0 aliphatic heterocycles. The Hall–Kier alpha value is -3.32. The third kappa shape index (κ3) is 5.44. The average molecular weight is 581 g/mol. The molecular formula is C25H25ClN2O8S2. The van der Waals surface area contributed by atoms with E-state index in [1.54, 1.807) is 26.0 Å². The fraction of sp³-hybridized carbons (Fsp3) is 0.240. The van der Waals surface area contributed by atoms with Gasteiger partial charge in [0.1, 0.15) is 11.3 Å². The lowest BCUT2D eigenvalue weighted by atomic mass is 10.1. The number of hydrogen-bond donors (Lipinski definition) is 1. The number of hydrogen-bond acceptors (Lipinski definition) is 7. The molecule has 0 saturated carbocycles. The zero-order valence-electron chi connectivity index (χ0n) is 20.7. The van der Waals surface area contributed by atoms with E-state index in [4.69, 9.17) is 20.4 Å². The molecule has 10 nitrogen and oxygen atoms in total. The summed E-state index contributed by atoms with van der Waals surface area (Å²) in [6, 6.07) is 12.0. The maximum Gasteiger partial charge on any atom is 0.372 e. The lowest BCUT2D eigenvalue weighted by Gasteiger charge is -2.27. The molecule has 1 N–H and O–H groups in total. The van der Waals surface area contributed by atoms with Crippen LogP contribution in [0.3, 0.4) is 0 Å². The van der Waals surface area contributed by atoms with Gasteiger partial charge in [-0.05, 0) is 67.9 Å². The second kappa shape index (κ2) is 10.4. The van der Waals surface area contributed by atoms with Crippen LogP contribution in [0.5, 0.6) is 0 Å². The highest BCUT2D eigenvalue weighted by molar-refractivity contribution is 7.92. The first-order valence-corrected chi connectivity index (χ1v) is 15.0. The van der Waals surface area contributed by atoms with Crippen LogP contribution >= 0.6 is 11.6 Å². The Balaban J connectivity index is 1.78. The predicted octanol–water partition coefficient (Wildman–Crippen LogP) is 4.86. The van der Waals surface area contributed by atoms with Crippen LogP contribution in [0.2, 0.25) is 5.02 Å². The van der Waals surface area contributed by atoms with E-state index in [0.717, 1.165) is 14.9 Å². The molecule has 0 radical (unpaired) electrons. The molecule has 0 aliphatic rings. The molecule has 202 valence electrons. The highest BCUT2D eigenvalue weighted by atomic mass is 35.5. The molecule has 0 fully saturated rings. The molecule has 2 aromatic carbocycles. The fourth-order valence-corrected chi connectivity index (χ4v) is 6.61. The molecule has 0 unspecified atom stereocenters. The maximum atomic E-state index is 13.8. The Morgan fingerprint density at radius 1 is 1.05 bits per heavy atom. The summed E-state index contributed by atoms with van der Waals surface area (Å²) in [5.74, 6) is -1.10. The molecular weight excluding hydrogens is 556 g/mol. The summed E-state index contributed by atoms with van der Waals surface area (Å²) >= 11 is 6.23. The summed E-state index contributed by atoms with van der Waals surface area (Å²) in [7, 11) is -7.88. The van der Waals surface area contributed by atoms with Crippen LogP contribution in [0, 0.1) is 6.92 Å². The van der Waals surface area contributed by atoms with E-state index in [1.165, 1.54) is 42.7 Å². The van der Waals surface area contributed by atoms with E-state index >= 15 is 0 Å². The van der Waals surface area contributed by atoms with E-state index in [9.17, 15) is 26.7 Å². The van der Waals surface area contributed by atoms with Crippen molar-refractivity contribution in [3.8, 4) is 0 Å². The molecule has 13 heteroatoms. The first kappa shape index (κ1) is 27.7. The largest absolute Gasteiger partial charge is 0.475 e. The van der Waals surface area contributed by atoms with Crippen molar-refractivity contribution in [3.63, 3.8) is 0 Å². The van der Waals surface area contributed by atoms with Crippen molar-refractivity contribution in [1.29, 1.82) is 0 Å². The van der Waals surface area contributed by atoms with Crippen molar-refractivity contribution in [2.24, 2.45) is 0 Å². The molecule has 4 aromatic rings. The summed E-state index contributed by atoms with van der Waals surface area (Å²) in [5, 5.41) is 10.0. The standard InChI is InChI=1S/C25H25ClN2O8S2/c1-4-28(38(33,34)20-8-10-23-21(13-20)16(2)24(36-23)25(29)30)22-9-7-18(26)12-17(22)14-27(37(3,31)32)15-19-6-5-11-35-19/h5-13H,4,14-15H2,1-3H3,(H,29,30). The van der Waals surface area contributed by atoms with Crippen molar-refractivity contribution < 1.29 is 35.6 Å². The number of benzene rings is 2. The zero-order chi connectivity index (χ0) is 27.8. The van der Waals surface area contributed by atoms with E-state index in [2.05, 4.69) is 0 Å². The van der Waals surface area contributed by atoms with Gasteiger partial charge in [0.05, 0.1) is 29.6 Å². The number of halogens is 1. The highest BCUT2D eigenvalue weighted by Crippen LogP contribution is 2.33. The van der Waals surface area contributed by atoms with Crippen LogP contribution in [-0.2, 0) is 33.1 Å². The number of rotatable bonds is 10. The first-order chi connectivity index (χ1) is 17.8. The third-order valence-corrected chi connectivity index (χ3v) is 9.33. The third-order valence-electron chi connectivity index (χ3n) is 6.02. The van der Waals surface area contributed by atoms with Gasteiger partial charge in [0, 0.05) is 29.1 Å². The monoisotopic (exact) mass is 580 g/mol. The Morgan fingerprint density at radius 3 is 2.39 bits per heavy atom. The van der Waals surface area contributed by atoms with Crippen LogP contribution in [-0.4, -0.2) is 45.0 Å². The van der Waals surface area contributed by atoms with Gasteiger partial charge < -0.3 is 13.9 Å². The summed E-state index contributed by atoms with van der Waals surface area (Å²) in [6.07, 6.45) is 2.49. The Labute approximate surface area is 225 Å². The van der Waals surface area contributed by atoms with Crippen LogP contribution in [0.1, 0.15) is 34.4 Å². The Morgan fingerprint density at radius 2 is 1.79 bits per heavy atom. The zero-order valence-corrected chi connectivity index (χ0v) is 23.1. The fourth-order valence-electron chi connectivity index (χ4n) is 4.14. The van der Waals surface area contributed by atoms with Gasteiger partial charge in [-0.3, -0.25) is 4.31 Å². The minimum Gasteiger partial charge on any atom is -0.475 e. The molecule has 0 amide bonds. The van der Waals surface area contributed by atoms with Gasteiger partial charge in [-0.1, -0.05) is 11.6 Å². The quantitative estimate of drug-likeness (QED) is 0.280. The Bertz CT molecular complexity index is 1710. The van der Waals surface area contributed by atoms with Crippen LogP contribution in [0.4, 0.5) is 5.69 Å². The lowest BCUT2D eigenvalue weighted by Crippen LogP contribution is -2.33. The maximum absolute atomic E-state index is 13.8. The second-order valence-electron chi connectivity index (χ2n) is 8.57. The number of carbonyl (C=O) groups is 1. The smallest absolute Gasteiger partial charge is 0.372 e. The number of carboxylic acids is 1. The van der Waals surface area contributed by atoms with Gasteiger partial charge in [0.15, 0.2) is 0 Å². The van der Waals surface area contributed by atoms with Crippen molar-refractivity contribution in [3.05, 3.63) is 82.5 Å². The average Bonchev–Trinajstić information content (AvgIpc) is 3.47. The number of sulfonamides is 2. The topological polar surface area (TPSA) is 138 Å². The van der Waals surface area contributed by atoms with Gasteiger partial charge >= 0.3 is 5.97 Å². The molecule has 2 aromatic heterocycles. The summed E-state index contributed by atoms with van der Waals surface area (Å²) < 4.78 is 65.8. The van der Waals surface area contributed by atoms with E-state index in [1.807, 2.05) is 0 Å². The molecule has 0 bridgehead atoms. The molecule has 0 saturated heterocycles. The molecule has 0 aliphatic carbocycles. The van der Waals surface area contributed by atoms with E-state index in [-0.39, 0.29) is 41.6 Å². The van der Waals surface area contributed by atoms with Crippen LogP contribution in [0.25, 0.3) is 11.0 Å². The summed E-state index contributed by atoms with van der Waals surface area (Å²) in [6.45, 7) is 3.00. The number of anilines is 1. The molecule has 0 atom stereocenters. The van der Waals surface area contributed by atoms with E-state index in [0.29, 0.717) is 27.3 Å². The summed E-state index contributed by atoms with van der Waals surface area (Å²) in [5.41, 5.74) is 1.17. The van der Waals surface area contributed by atoms with Gasteiger partial charge in [-0.15, -0.1) is 0 Å². The first-order valence-electron chi connectivity index (χ1n) is 11.4. The van der Waals surface area contributed by atoms with Gasteiger partial charge in [-0.2, -0.15) is 4.31 Å². The summed E-state index contributed by atoms with van der Waals surface area (Å²) in [4.78, 5) is 11.4. The number of furan rings is 2. The number of nitrogens with zero attached hydrogens (tertiary/aromatic N) is 2. The van der Waals surface area contributed by atoms with Crippen molar-refractivity contribution >= 4 is 54.3 Å². The minimum atomic E-state index is -4.17. The predicted molar refractivity (Wildman–Crippen MR) is 142 cm³/mol. The van der Waals surface area contributed by atoms with Gasteiger partial charge in [-0.25, -0.2) is 21.6 Å². The van der Waals surface area contributed by atoms with Crippen molar-refractivity contribution in [2.75, 3.05) is 17.1 Å². The molecule has 0 spiro atoms. The minimum absolute atomic E-state index is 0.0246. The van der Waals surface area contributed by atoms with Gasteiger partial charge in [0.25, 0.3) is 10.0 Å². The number of fused-ring (bicyclic) bond motifs is 1. The van der Waals surface area contributed by atoms with Crippen LogP contribution < -0.4 is 4.31 Å². The lowest BCUT2D eigenvalue weighted by molar-refractivity contribution is 0.0664. The Kier molecular flexibility index (Phi) is 7.62. The number of aryl methyl sites for hydroxylation is 1. The SMILES string of the molecule is CCN(c1ccc(Cl)cc1CN(Cc1ccco1)S(C)(=O)=O)S(=O)(=O)c1ccc2oc(C(=O)O)c(C)c2c1. The normalized spacial score (nSPS) is 12.3. The number of carboxylic acid groups (broad SMARTS) is 1. The van der Waals surface area contributed by atoms with Crippen molar-refractivity contribution in [1.82, 2.24) is 4.31 Å². The molecule has 38 heavy (non-hydrogen) atoms. The highest BCUT2D eigenvalue weighted by Gasteiger charge is 2.29. The molecule has 4 rings (SSSR count). The van der Waals surface area contributed by atoms with Crippen LogP contribution in [0.15, 0.2) is 68.5 Å². The number of aromatic carboxylic acids is 1. The molecule has 2 heterocycles. The van der Waals surface area contributed by atoms with Gasteiger partial charge in [0.2, 0.25) is 15.8 Å². The van der Waals surface area contributed by atoms with E-state index < -0.39 is 26.0 Å². The van der Waals surface area contributed by atoms with Crippen molar-refractivity contribution in [2.45, 2.75) is 31.8 Å².